The number of pyridine rings is 1. The number of hydrogen-bond donors (Lipinski definition) is 1. The fourth-order valence-electron chi connectivity index (χ4n) is 4.51. The van der Waals surface area contributed by atoms with Crippen molar-refractivity contribution in [2.75, 3.05) is 26.7 Å². The van der Waals surface area contributed by atoms with E-state index in [0.29, 0.717) is 23.6 Å². The number of nitrogens with one attached hydrogen (secondary N) is 1. The average molecular weight is 444 g/mol. The number of fused-ring (bicyclic) bond motifs is 1. The van der Waals surface area contributed by atoms with Gasteiger partial charge in [-0.25, -0.2) is 14.5 Å². The Kier molecular flexibility index (Phi) is 5.54. The molecule has 1 saturated heterocycles. The van der Waals surface area contributed by atoms with Gasteiger partial charge in [0.25, 0.3) is 5.88 Å². The number of hydrogen-bond acceptors (Lipinski definition) is 8. The van der Waals surface area contributed by atoms with E-state index in [4.69, 9.17) is 9.47 Å². The summed E-state index contributed by atoms with van der Waals surface area (Å²) in [7, 11) is 1.49. The summed E-state index contributed by atoms with van der Waals surface area (Å²) in [5, 5.41) is 17.0. The maximum atomic E-state index is 11.8. The van der Waals surface area contributed by atoms with Gasteiger partial charge in [-0.15, -0.1) is 5.10 Å². The molecule has 0 saturated carbocycles. The predicted molar refractivity (Wildman–Crippen MR) is 119 cm³/mol. The molecule has 5 rings (SSSR count). The van der Waals surface area contributed by atoms with Crippen LogP contribution < -0.4 is 10.1 Å². The Labute approximate surface area is 191 Å². The molecule has 2 aliphatic heterocycles. The van der Waals surface area contributed by atoms with Crippen molar-refractivity contribution in [1.29, 1.82) is 5.26 Å². The van der Waals surface area contributed by atoms with Crippen molar-refractivity contribution in [3.05, 3.63) is 70.0 Å². The first kappa shape index (κ1) is 21.1. The third-order valence-corrected chi connectivity index (χ3v) is 6.29. The number of methoxy groups -OCH3 is 1. The molecule has 0 amide bonds. The van der Waals surface area contributed by atoms with E-state index in [1.54, 1.807) is 10.9 Å². The third-order valence-electron chi connectivity index (χ3n) is 6.29. The molecule has 0 spiro atoms. The summed E-state index contributed by atoms with van der Waals surface area (Å²) in [4.78, 5) is 18.8. The highest BCUT2D eigenvalue weighted by Crippen LogP contribution is 2.30. The molecule has 9 nitrogen and oxygen atoms in total. The molecular weight excluding hydrogens is 420 g/mol. The largest absolute Gasteiger partial charge is 0.479 e. The predicted octanol–water partition coefficient (Wildman–Crippen LogP) is 2.27. The van der Waals surface area contributed by atoms with E-state index in [2.05, 4.69) is 33.3 Å². The smallest absolute Gasteiger partial charge is 0.338 e. The van der Waals surface area contributed by atoms with Crippen molar-refractivity contribution in [2.45, 2.75) is 26.1 Å². The second-order valence-corrected chi connectivity index (χ2v) is 8.26. The summed E-state index contributed by atoms with van der Waals surface area (Å²) in [5.74, 6) is 0.682. The van der Waals surface area contributed by atoms with Crippen LogP contribution in [0.15, 0.2) is 36.7 Å². The lowest BCUT2D eigenvalue weighted by atomic mass is 9.93. The molecule has 33 heavy (non-hydrogen) atoms. The highest BCUT2D eigenvalue weighted by atomic mass is 16.5. The summed E-state index contributed by atoms with van der Waals surface area (Å²) in [6.45, 7) is 5.89. The number of benzene rings is 1. The van der Waals surface area contributed by atoms with E-state index in [-0.39, 0.29) is 17.9 Å². The fraction of sp³-hybridized carbons (Fsp3) is 0.333. The van der Waals surface area contributed by atoms with Gasteiger partial charge in [0.15, 0.2) is 5.82 Å². The molecule has 1 atom stereocenters. The monoisotopic (exact) mass is 444 g/mol. The summed E-state index contributed by atoms with van der Waals surface area (Å²) >= 11 is 0. The molecule has 0 radical (unpaired) electrons. The summed E-state index contributed by atoms with van der Waals surface area (Å²) < 4.78 is 11.9. The van der Waals surface area contributed by atoms with Gasteiger partial charge in [-0.05, 0) is 35.7 Å². The lowest BCUT2D eigenvalue weighted by molar-refractivity contribution is 0.0535. The molecule has 2 aromatic heterocycles. The average Bonchev–Trinajstić information content (AvgIpc) is 3.44. The Morgan fingerprint density at radius 3 is 2.94 bits per heavy atom. The second kappa shape index (κ2) is 8.65. The van der Waals surface area contributed by atoms with Crippen molar-refractivity contribution in [1.82, 2.24) is 25.0 Å². The van der Waals surface area contributed by atoms with Crippen LogP contribution in [-0.2, 0) is 17.9 Å². The lowest BCUT2D eigenvalue weighted by Crippen LogP contribution is -2.45. The lowest BCUT2D eigenvalue weighted by Gasteiger charge is -2.34. The van der Waals surface area contributed by atoms with Crippen LogP contribution in [0.5, 0.6) is 5.88 Å². The van der Waals surface area contributed by atoms with E-state index < -0.39 is 0 Å². The number of esters is 1. The molecule has 0 aliphatic carbocycles. The van der Waals surface area contributed by atoms with Crippen molar-refractivity contribution < 1.29 is 14.3 Å². The maximum Gasteiger partial charge on any atom is 0.338 e. The van der Waals surface area contributed by atoms with Crippen LogP contribution in [0.3, 0.4) is 0 Å². The van der Waals surface area contributed by atoms with Crippen molar-refractivity contribution >= 4 is 5.97 Å². The van der Waals surface area contributed by atoms with E-state index in [1.807, 2.05) is 30.5 Å². The standard InChI is InChI=1S/C24H24N6O3/c1-15-18(4-5-19-20(15)14-33-24(19)31)21-13-29(8-7-26-21)11-16-3-6-22(27-10-16)30-12-17(9-25)23(28-30)32-2/h3-6,10,12,21,26H,7-8,11,13-14H2,1-2H3/t21-/m0/s1. The Hall–Kier alpha value is -3.74. The SMILES string of the molecule is COc1nn(-c2ccc(CN3CCN[C@H](c4ccc5c(c4C)COC5=O)C3)cn2)cc1C#N. The van der Waals surface area contributed by atoms with Crippen molar-refractivity contribution in [3.8, 4) is 17.8 Å². The van der Waals surface area contributed by atoms with Gasteiger partial charge in [0.1, 0.15) is 18.2 Å². The van der Waals surface area contributed by atoms with Gasteiger partial charge < -0.3 is 14.8 Å². The quantitative estimate of drug-likeness (QED) is 0.598. The zero-order valence-electron chi connectivity index (χ0n) is 18.5. The van der Waals surface area contributed by atoms with E-state index in [9.17, 15) is 10.1 Å². The van der Waals surface area contributed by atoms with Crippen LogP contribution in [0.25, 0.3) is 5.82 Å². The Morgan fingerprint density at radius 1 is 1.33 bits per heavy atom. The number of carbonyl (C=O) groups is 1. The van der Waals surface area contributed by atoms with E-state index in [1.165, 1.54) is 12.7 Å². The number of carbonyl (C=O) groups excluding carboxylic acids is 1. The number of piperazine rings is 1. The number of rotatable bonds is 5. The first-order valence-electron chi connectivity index (χ1n) is 10.8. The Balaban J connectivity index is 1.28. The molecule has 2 aliphatic rings. The van der Waals surface area contributed by atoms with E-state index in [0.717, 1.165) is 42.9 Å². The number of cyclic esters (lactones) is 1. The second-order valence-electron chi connectivity index (χ2n) is 8.26. The Bertz CT molecular complexity index is 1240. The summed E-state index contributed by atoms with van der Waals surface area (Å²) in [5.41, 5.74) is 5.51. The van der Waals surface area contributed by atoms with Crippen LogP contribution in [-0.4, -0.2) is 52.4 Å². The third kappa shape index (κ3) is 3.95. The zero-order valence-corrected chi connectivity index (χ0v) is 18.5. The van der Waals surface area contributed by atoms with Gasteiger partial charge >= 0.3 is 5.97 Å². The van der Waals surface area contributed by atoms with E-state index >= 15 is 0 Å². The first-order chi connectivity index (χ1) is 16.1. The molecule has 0 bridgehead atoms. The fourth-order valence-corrected chi connectivity index (χ4v) is 4.51. The van der Waals surface area contributed by atoms with Crippen molar-refractivity contribution in [2.24, 2.45) is 0 Å². The number of nitriles is 1. The number of aromatic nitrogens is 3. The highest BCUT2D eigenvalue weighted by Gasteiger charge is 2.28. The molecule has 9 heteroatoms. The minimum Gasteiger partial charge on any atom is -0.479 e. The molecule has 168 valence electrons. The summed E-state index contributed by atoms with van der Waals surface area (Å²) in [6.07, 6.45) is 3.45. The molecule has 1 aromatic carbocycles. The maximum absolute atomic E-state index is 11.8. The topological polar surface area (TPSA) is 105 Å². The van der Waals surface area contributed by atoms with Gasteiger partial charge in [0, 0.05) is 44.0 Å². The molecule has 1 N–H and O–H groups in total. The molecule has 3 aromatic rings. The van der Waals surface area contributed by atoms with Gasteiger partial charge in [-0.3, -0.25) is 4.90 Å². The van der Waals surface area contributed by atoms with Gasteiger partial charge in [-0.2, -0.15) is 5.26 Å². The first-order valence-corrected chi connectivity index (χ1v) is 10.8. The summed E-state index contributed by atoms with van der Waals surface area (Å²) in [6, 6.07) is 10.1. The number of ether oxygens (including phenoxy) is 2. The van der Waals surface area contributed by atoms with Gasteiger partial charge in [0.2, 0.25) is 0 Å². The molecule has 4 heterocycles. The molecule has 0 unspecified atom stereocenters. The van der Waals surface area contributed by atoms with Gasteiger partial charge in [0.05, 0.1) is 18.9 Å². The van der Waals surface area contributed by atoms with Crippen LogP contribution in [0.4, 0.5) is 0 Å². The molecular formula is C24H24N6O3. The van der Waals surface area contributed by atoms with Crippen LogP contribution in [0, 0.1) is 18.3 Å². The van der Waals surface area contributed by atoms with Crippen LogP contribution in [0.1, 0.15) is 44.2 Å². The minimum absolute atomic E-state index is 0.188. The van der Waals surface area contributed by atoms with Crippen LogP contribution >= 0.6 is 0 Å². The normalized spacial score (nSPS) is 18.0. The minimum atomic E-state index is -0.230. The number of nitrogens with zero attached hydrogens (tertiary/aromatic N) is 5. The van der Waals surface area contributed by atoms with Gasteiger partial charge in [-0.1, -0.05) is 12.1 Å². The zero-order chi connectivity index (χ0) is 22.9. The molecule has 1 fully saturated rings. The Morgan fingerprint density at radius 2 is 2.21 bits per heavy atom. The van der Waals surface area contributed by atoms with Crippen molar-refractivity contribution in [3.63, 3.8) is 0 Å². The van der Waals surface area contributed by atoms with Crippen LogP contribution in [0.2, 0.25) is 0 Å². The highest BCUT2D eigenvalue weighted by molar-refractivity contribution is 5.94.